The number of anilines is 1. The molecule has 1 aliphatic heterocycles. The predicted octanol–water partition coefficient (Wildman–Crippen LogP) is 4.01. The average Bonchev–Trinajstić information content (AvgIpc) is 3.26. The summed E-state index contributed by atoms with van der Waals surface area (Å²) in [7, 11) is -1.60. The summed E-state index contributed by atoms with van der Waals surface area (Å²) in [5.41, 5.74) is 2.84. The number of sulfone groups is 1. The van der Waals surface area contributed by atoms with Crippen LogP contribution in [0.25, 0.3) is 10.4 Å². The molecular formula is C28H29ClN2O7S2. The third-order valence-electron chi connectivity index (χ3n) is 6.39. The van der Waals surface area contributed by atoms with Crippen molar-refractivity contribution < 1.29 is 32.6 Å². The van der Waals surface area contributed by atoms with E-state index in [1.165, 1.54) is 16.2 Å². The largest absolute Gasteiger partial charge is 0.493 e. The number of carbonyl (C=O) groups is 3. The van der Waals surface area contributed by atoms with Crippen molar-refractivity contribution in [1.82, 2.24) is 5.32 Å². The van der Waals surface area contributed by atoms with Crippen LogP contribution in [0.5, 0.6) is 5.75 Å². The molecule has 4 rings (SSSR count). The Morgan fingerprint density at radius 2 is 1.88 bits per heavy atom. The van der Waals surface area contributed by atoms with Crippen LogP contribution >= 0.6 is 22.9 Å². The first-order chi connectivity index (χ1) is 19.0. The standard InChI is InChI=1S/C28H29ClN2O7S2/c1-31(22-14-17(6-8-21(22)29)23(33)4-3-11-32)28(35)25-16-18-9-12-38-24-15-19(5-7-20(24)26(18)39-25)27(34)30-10-13-40(2,36)37/h5-8,14-16,32H,3-4,9-13H2,1-2H3,(H,30,34). The molecule has 0 unspecified atom stereocenters. The maximum absolute atomic E-state index is 13.5. The zero-order valence-corrected chi connectivity index (χ0v) is 24.4. The Morgan fingerprint density at radius 1 is 1.12 bits per heavy atom. The van der Waals surface area contributed by atoms with Gasteiger partial charge in [0.05, 0.1) is 27.9 Å². The fourth-order valence-electron chi connectivity index (χ4n) is 4.24. The topological polar surface area (TPSA) is 130 Å². The minimum atomic E-state index is -3.20. The number of nitrogens with zero attached hydrogens (tertiary/aromatic N) is 1. The molecule has 3 aromatic rings. The van der Waals surface area contributed by atoms with Crippen molar-refractivity contribution in [3.63, 3.8) is 0 Å². The molecule has 0 saturated heterocycles. The summed E-state index contributed by atoms with van der Waals surface area (Å²) in [6.07, 6.45) is 2.21. The molecule has 0 atom stereocenters. The summed E-state index contributed by atoms with van der Waals surface area (Å²) in [5, 5.41) is 12.0. The average molecular weight is 605 g/mol. The van der Waals surface area contributed by atoms with Crippen LogP contribution in [0.4, 0.5) is 5.69 Å². The quantitative estimate of drug-likeness (QED) is 0.334. The molecule has 2 amide bonds. The number of hydrogen-bond donors (Lipinski definition) is 2. The van der Waals surface area contributed by atoms with Crippen molar-refractivity contribution in [2.24, 2.45) is 0 Å². The summed E-state index contributed by atoms with van der Waals surface area (Å²) in [4.78, 5) is 41.3. The van der Waals surface area contributed by atoms with Crippen LogP contribution in [0.15, 0.2) is 42.5 Å². The van der Waals surface area contributed by atoms with Crippen molar-refractivity contribution in [2.75, 3.05) is 43.7 Å². The van der Waals surface area contributed by atoms with Gasteiger partial charge in [-0.3, -0.25) is 14.4 Å². The molecule has 0 spiro atoms. The van der Waals surface area contributed by atoms with Crippen molar-refractivity contribution >= 4 is 56.1 Å². The molecule has 2 N–H and O–H groups in total. The van der Waals surface area contributed by atoms with E-state index in [0.29, 0.717) is 51.9 Å². The number of ether oxygens (including phenoxy) is 1. The van der Waals surface area contributed by atoms with E-state index in [9.17, 15) is 22.8 Å². The molecule has 212 valence electrons. The number of carbonyl (C=O) groups excluding carboxylic acids is 3. The number of amides is 2. The second-order valence-electron chi connectivity index (χ2n) is 9.44. The molecule has 1 aromatic heterocycles. The highest BCUT2D eigenvalue weighted by Gasteiger charge is 2.25. The van der Waals surface area contributed by atoms with Gasteiger partial charge in [-0.05, 0) is 54.4 Å². The maximum atomic E-state index is 13.5. The number of aliphatic hydroxyl groups is 1. The molecule has 2 aromatic carbocycles. The van der Waals surface area contributed by atoms with Gasteiger partial charge in [-0.1, -0.05) is 11.6 Å². The lowest BCUT2D eigenvalue weighted by Crippen LogP contribution is -2.28. The van der Waals surface area contributed by atoms with Crippen molar-refractivity contribution in [3.05, 3.63) is 69.1 Å². The molecule has 0 radical (unpaired) electrons. The van der Waals surface area contributed by atoms with Crippen LogP contribution in [-0.2, 0) is 16.3 Å². The Kier molecular flexibility index (Phi) is 9.29. The summed E-state index contributed by atoms with van der Waals surface area (Å²) in [5.74, 6) is -0.488. The molecule has 12 heteroatoms. The van der Waals surface area contributed by atoms with Crippen LogP contribution in [-0.4, -0.2) is 69.9 Å². The molecular weight excluding hydrogens is 576 g/mol. The van der Waals surface area contributed by atoms with Gasteiger partial charge in [0.1, 0.15) is 15.6 Å². The number of aliphatic hydroxyl groups excluding tert-OH is 1. The molecule has 0 saturated carbocycles. The molecule has 0 aliphatic carbocycles. The third-order valence-corrected chi connectivity index (χ3v) is 8.86. The number of rotatable bonds is 10. The van der Waals surface area contributed by atoms with Crippen LogP contribution in [0.1, 0.15) is 48.8 Å². The van der Waals surface area contributed by atoms with Gasteiger partial charge in [0.25, 0.3) is 11.8 Å². The van der Waals surface area contributed by atoms with Gasteiger partial charge in [-0.15, -0.1) is 11.3 Å². The smallest absolute Gasteiger partial charge is 0.268 e. The van der Waals surface area contributed by atoms with Crippen LogP contribution in [0.2, 0.25) is 5.02 Å². The fraction of sp³-hybridized carbons (Fsp3) is 0.321. The van der Waals surface area contributed by atoms with Gasteiger partial charge in [-0.25, -0.2) is 8.42 Å². The van der Waals surface area contributed by atoms with Gasteiger partial charge >= 0.3 is 0 Å². The Bertz CT molecular complexity index is 1570. The predicted molar refractivity (Wildman–Crippen MR) is 156 cm³/mol. The second-order valence-corrected chi connectivity index (χ2v) is 13.2. The number of thiophene rings is 1. The first-order valence-corrected chi connectivity index (χ1v) is 15.8. The molecule has 0 bridgehead atoms. The van der Waals surface area contributed by atoms with Gasteiger partial charge in [0.2, 0.25) is 0 Å². The van der Waals surface area contributed by atoms with E-state index in [2.05, 4.69) is 5.32 Å². The highest BCUT2D eigenvalue weighted by molar-refractivity contribution is 7.90. The third kappa shape index (κ3) is 6.90. The van der Waals surface area contributed by atoms with Crippen molar-refractivity contribution in [2.45, 2.75) is 19.3 Å². The SMILES string of the molecule is CN(C(=O)c1cc2c(s1)-c1ccc(C(=O)NCCS(C)(=O)=O)cc1OCC2)c1cc(C(=O)CCCO)ccc1Cl. The van der Waals surface area contributed by atoms with E-state index < -0.39 is 15.7 Å². The summed E-state index contributed by atoms with van der Waals surface area (Å²) in [6, 6.07) is 11.6. The lowest BCUT2D eigenvalue weighted by molar-refractivity contribution is 0.0952. The Morgan fingerprint density at radius 3 is 2.60 bits per heavy atom. The maximum Gasteiger partial charge on any atom is 0.268 e. The molecule has 1 aliphatic rings. The number of fused-ring (bicyclic) bond motifs is 3. The lowest BCUT2D eigenvalue weighted by atomic mass is 10.0. The first kappa shape index (κ1) is 29.7. The number of ketones is 1. The second kappa shape index (κ2) is 12.5. The number of nitrogens with one attached hydrogen (secondary N) is 1. The highest BCUT2D eigenvalue weighted by atomic mass is 35.5. The van der Waals surface area contributed by atoms with E-state index in [0.717, 1.165) is 22.3 Å². The van der Waals surface area contributed by atoms with Gasteiger partial charge in [0, 0.05) is 60.9 Å². The number of hydrogen-bond acceptors (Lipinski definition) is 8. The van der Waals surface area contributed by atoms with Crippen LogP contribution in [0.3, 0.4) is 0 Å². The molecule has 9 nitrogen and oxygen atoms in total. The summed E-state index contributed by atoms with van der Waals surface area (Å²) >= 11 is 7.70. The number of benzene rings is 2. The Balaban J connectivity index is 1.57. The summed E-state index contributed by atoms with van der Waals surface area (Å²) < 4.78 is 28.6. The highest BCUT2D eigenvalue weighted by Crippen LogP contribution is 2.42. The minimum absolute atomic E-state index is 0.00736. The monoisotopic (exact) mass is 604 g/mol. The van der Waals surface area contributed by atoms with E-state index >= 15 is 0 Å². The Labute approximate surface area is 241 Å². The first-order valence-electron chi connectivity index (χ1n) is 12.6. The van der Waals surface area contributed by atoms with E-state index in [4.69, 9.17) is 21.4 Å². The van der Waals surface area contributed by atoms with Gasteiger partial charge in [0.15, 0.2) is 5.78 Å². The van der Waals surface area contributed by atoms with Gasteiger partial charge < -0.3 is 20.1 Å². The van der Waals surface area contributed by atoms with E-state index in [1.54, 1.807) is 43.4 Å². The Hall–Kier alpha value is -3.25. The number of Topliss-reactive ketones (excluding diaryl/α,β-unsaturated/α-hetero) is 1. The lowest BCUT2D eigenvalue weighted by Gasteiger charge is -2.19. The molecule has 2 heterocycles. The van der Waals surface area contributed by atoms with Gasteiger partial charge in [-0.2, -0.15) is 0 Å². The normalized spacial score (nSPS) is 12.5. The van der Waals surface area contributed by atoms with E-state index in [1.807, 2.05) is 6.07 Å². The minimum Gasteiger partial charge on any atom is -0.493 e. The van der Waals surface area contributed by atoms with Crippen molar-refractivity contribution in [3.8, 4) is 16.2 Å². The van der Waals surface area contributed by atoms with Crippen molar-refractivity contribution in [1.29, 1.82) is 0 Å². The molecule has 40 heavy (non-hydrogen) atoms. The number of halogens is 1. The van der Waals surface area contributed by atoms with Crippen LogP contribution in [0, 0.1) is 0 Å². The zero-order valence-electron chi connectivity index (χ0n) is 22.0. The van der Waals surface area contributed by atoms with E-state index in [-0.39, 0.29) is 37.0 Å². The fourth-order valence-corrected chi connectivity index (χ4v) is 6.18. The summed E-state index contributed by atoms with van der Waals surface area (Å²) in [6.45, 7) is 0.276. The van der Waals surface area contributed by atoms with Crippen LogP contribution < -0.4 is 15.0 Å². The molecule has 0 fully saturated rings. The zero-order chi connectivity index (χ0) is 29.0.